The average molecular weight is 460 g/mol. The van der Waals surface area contributed by atoms with Crippen molar-refractivity contribution in [1.82, 2.24) is 4.90 Å². The van der Waals surface area contributed by atoms with Crippen molar-refractivity contribution in [2.45, 2.75) is 26.2 Å². The van der Waals surface area contributed by atoms with E-state index in [2.05, 4.69) is 69.4 Å². The predicted octanol–water partition coefficient (Wildman–Crippen LogP) is 5.77. The number of nitrogens with two attached hydrogens (primary N) is 1. The molecule has 0 aliphatic rings. The van der Waals surface area contributed by atoms with Crippen LogP contribution in [0.2, 0.25) is 5.02 Å². The first-order chi connectivity index (χ1) is 13.6. The summed E-state index contributed by atoms with van der Waals surface area (Å²) in [6.07, 6.45) is 0. The molecule has 28 heavy (non-hydrogen) atoms. The van der Waals surface area contributed by atoms with Crippen LogP contribution in [-0.4, -0.2) is 12.0 Å². The van der Waals surface area contributed by atoms with E-state index in [9.17, 15) is 0 Å². The lowest BCUT2D eigenvalue weighted by molar-refractivity contribution is 0.247. The maximum atomic E-state index is 6.04. The van der Waals surface area contributed by atoms with Gasteiger partial charge in [0.1, 0.15) is 5.75 Å². The Labute approximate surface area is 180 Å². The van der Waals surface area contributed by atoms with Gasteiger partial charge in [0, 0.05) is 31.2 Å². The van der Waals surface area contributed by atoms with Crippen LogP contribution in [0.1, 0.15) is 22.3 Å². The molecule has 0 aliphatic carbocycles. The fraction of sp³-hybridized carbons (Fsp3) is 0.217. The minimum Gasteiger partial charge on any atom is -0.496 e. The van der Waals surface area contributed by atoms with E-state index in [0.717, 1.165) is 40.4 Å². The third kappa shape index (κ3) is 5.82. The zero-order valence-electron chi connectivity index (χ0n) is 15.9. The highest BCUT2D eigenvalue weighted by Crippen LogP contribution is 2.26. The Bertz CT molecular complexity index is 897. The molecule has 0 spiro atoms. The Morgan fingerprint density at radius 3 is 1.86 bits per heavy atom. The van der Waals surface area contributed by atoms with Crippen molar-refractivity contribution in [2.75, 3.05) is 7.11 Å². The topological polar surface area (TPSA) is 38.5 Å². The summed E-state index contributed by atoms with van der Waals surface area (Å²) in [4.78, 5) is 2.41. The van der Waals surface area contributed by atoms with Crippen LogP contribution in [0, 0.1) is 0 Å². The first kappa shape index (κ1) is 20.9. The normalized spacial score (nSPS) is 11.0. The molecule has 3 nitrogen and oxygen atoms in total. The first-order valence-corrected chi connectivity index (χ1v) is 10.3. The smallest absolute Gasteiger partial charge is 0.133 e. The molecular formula is C23H24BrClN2O. The van der Waals surface area contributed by atoms with E-state index in [-0.39, 0.29) is 0 Å². The van der Waals surface area contributed by atoms with E-state index < -0.39 is 0 Å². The van der Waals surface area contributed by atoms with Crippen molar-refractivity contribution in [3.05, 3.63) is 98.5 Å². The highest BCUT2D eigenvalue weighted by Gasteiger charge is 2.10. The highest BCUT2D eigenvalue weighted by atomic mass is 79.9. The second-order valence-electron chi connectivity index (χ2n) is 6.76. The van der Waals surface area contributed by atoms with E-state index in [1.165, 1.54) is 16.7 Å². The number of rotatable bonds is 8. The van der Waals surface area contributed by atoms with Gasteiger partial charge in [0.25, 0.3) is 0 Å². The Balaban J connectivity index is 1.80. The summed E-state index contributed by atoms with van der Waals surface area (Å²) in [5.41, 5.74) is 10.6. The fourth-order valence-electron chi connectivity index (χ4n) is 3.12. The van der Waals surface area contributed by atoms with Gasteiger partial charge in [-0.3, -0.25) is 4.90 Å². The minimum absolute atomic E-state index is 0.564. The van der Waals surface area contributed by atoms with E-state index in [1.807, 2.05) is 18.2 Å². The van der Waals surface area contributed by atoms with Gasteiger partial charge in [-0.2, -0.15) is 0 Å². The molecule has 3 rings (SSSR count). The predicted molar refractivity (Wildman–Crippen MR) is 119 cm³/mol. The molecule has 0 fully saturated rings. The van der Waals surface area contributed by atoms with Crippen molar-refractivity contribution >= 4 is 27.5 Å². The molecule has 0 atom stereocenters. The van der Waals surface area contributed by atoms with Crippen LogP contribution in [0.25, 0.3) is 0 Å². The van der Waals surface area contributed by atoms with Crippen LogP contribution >= 0.6 is 27.5 Å². The molecule has 0 heterocycles. The molecule has 0 unspecified atom stereocenters. The Morgan fingerprint density at radius 1 is 0.821 bits per heavy atom. The quantitative estimate of drug-likeness (QED) is 0.464. The molecule has 0 saturated carbocycles. The van der Waals surface area contributed by atoms with Crippen LogP contribution in [-0.2, 0) is 26.2 Å². The van der Waals surface area contributed by atoms with Crippen molar-refractivity contribution in [2.24, 2.45) is 5.73 Å². The van der Waals surface area contributed by atoms with E-state index in [4.69, 9.17) is 22.1 Å². The van der Waals surface area contributed by atoms with Gasteiger partial charge in [-0.1, -0.05) is 54.1 Å². The standard InChI is InChI=1S/C23H24BrClN2O/c1-28-23-11-8-20(12-22(23)24)16-27(15-19-6-9-21(25)10-7-19)14-18-4-2-17(13-26)3-5-18/h2-12H,13-16,26H2,1H3. The second-order valence-corrected chi connectivity index (χ2v) is 8.05. The molecule has 2 N–H and O–H groups in total. The minimum atomic E-state index is 0.564. The number of nitrogens with zero attached hydrogens (tertiary/aromatic N) is 1. The number of hydrogen-bond acceptors (Lipinski definition) is 3. The van der Waals surface area contributed by atoms with Crippen molar-refractivity contribution < 1.29 is 4.74 Å². The Morgan fingerprint density at radius 2 is 1.32 bits per heavy atom. The van der Waals surface area contributed by atoms with Crippen molar-refractivity contribution in [3.63, 3.8) is 0 Å². The van der Waals surface area contributed by atoms with E-state index in [1.54, 1.807) is 7.11 Å². The van der Waals surface area contributed by atoms with Gasteiger partial charge < -0.3 is 10.5 Å². The van der Waals surface area contributed by atoms with Gasteiger partial charge in [0.2, 0.25) is 0 Å². The van der Waals surface area contributed by atoms with Gasteiger partial charge in [-0.05, 0) is 62.4 Å². The first-order valence-electron chi connectivity index (χ1n) is 9.14. The van der Waals surface area contributed by atoms with Gasteiger partial charge in [-0.25, -0.2) is 0 Å². The molecule has 0 aliphatic heterocycles. The lowest BCUT2D eigenvalue weighted by Gasteiger charge is -2.23. The molecular weight excluding hydrogens is 436 g/mol. The summed E-state index contributed by atoms with van der Waals surface area (Å²) in [5, 5.41) is 0.756. The van der Waals surface area contributed by atoms with Gasteiger partial charge in [-0.15, -0.1) is 0 Å². The zero-order valence-corrected chi connectivity index (χ0v) is 18.2. The van der Waals surface area contributed by atoms with Crippen molar-refractivity contribution in [1.29, 1.82) is 0 Å². The lowest BCUT2D eigenvalue weighted by Crippen LogP contribution is -2.22. The molecule has 0 bridgehead atoms. The maximum Gasteiger partial charge on any atom is 0.133 e. The van der Waals surface area contributed by atoms with Crippen molar-refractivity contribution in [3.8, 4) is 5.75 Å². The van der Waals surface area contributed by atoms with Crippen LogP contribution in [0.5, 0.6) is 5.75 Å². The number of methoxy groups -OCH3 is 1. The number of ether oxygens (including phenoxy) is 1. The maximum absolute atomic E-state index is 6.04. The molecule has 0 saturated heterocycles. The van der Waals surface area contributed by atoms with E-state index >= 15 is 0 Å². The molecule has 146 valence electrons. The van der Waals surface area contributed by atoms with E-state index in [0.29, 0.717) is 6.54 Å². The summed E-state index contributed by atoms with van der Waals surface area (Å²) in [6, 6.07) is 22.8. The monoisotopic (exact) mass is 458 g/mol. The fourth-order valence-corrected chi connectivity index (χ4v) is 3.84. The number of halogens is 2. The third-order valence-corrected chi connectivity index (χ3v) is 5.48. The summed E-state index contributed by atoms with van der Waals surface area (Å²) < 4.78 is 6.31. The zero-order chi connectivity index (χ0) is 19.9. The molecule has 3 aromatic rings. The molecule has 3 aromatic carbocycles. The third-order valence-electron chi connectivity index (χ3n) is 4.61. The number of benzene rings is 3. The van der Waals surface area contributed by atoms with Gasteiger partial charge >= 0.3 is 0 Å². The van der Waals surface area contributed by atoms with Gasteiger partial charge in [0.05, 0.1) is 11.6 Å². The summed E-state index contributed by atoms with van der Waals surface area (Å²) in [6.45, 7) is 3.06. The molecule has 0 radical (unpaired) electrons. The summed E-state index contributed by atoms with van der Waals surface area (Å²) in [7, 11) is 1.68. The average Bonchev–Trinajstić information content (AvgIpc) is 2.70. The highest BCUT2D eigenvalue weighted by molar-refractivity contribution is 9.10. The Hall–Kier alpha value is -1.85. The molecule has 0 aromatic heterocycles. The molecule has 5 heteroatoms. The van der Waals surface area contributed by atoms with Crippen LogP contribution in [0.15, 0.2) is 71.2 Å². The lowest BCUT2D eigenvalue weighted by atomic mass is 10.1. The van der Waals surface area contributed by atoms with Crippen LogP contribution in [0.3, 0.4) is 0 Å². The number of hydrogen-bond donors (Lipinski definition) is 1. The summed E-state index contributed by atoms with van der Waals surface area (Å²) in [5.74, 6) is 0.838. The van der Waals surface area contributed by atoms with Crippen LogP contribution < -0.4 is 10.5 Å². The SMILES string of the molecule is COc1ccc(CN(Cc2ccc(Cl)cc2)Cc2ccc(CN)cc2)cc1Br. The Kier molecular flexibility index (Phi) is 7.51. The summed E-state index contributed by atoms with van der Waals surface area (Å²) >= 11 is 9.63. The largest absolute Gasteiger partial charge is 0.496 e. The second kappa shape index (κ2) is 10.1. The van der Waals surface area contributed by atoms with Crippen LogP contribution in [0.4, 0.5) is 0 Å². The molecule has 0 amide bonds. The van der Waals surface area contributed by atoms with Gasteiger partial charge in [0.15, 0.2) is 0 Å².